The minimum absolute atomic E-state index is 0.322. The molecule has 0 rings (SSSR count). The molecule has 0 radical (unpaired) electrons. The zero-order valence-corrected chi connectivity index (χ0v) is 9.20. The van der Waals surface area contributed by atoms with E-state index < -0.39 is 0 Å². The fraction of sp³-hybridized carbons (Fsp3) is 1.00. The summed E-state index contributed by atoms with van der Waals surface area (Å²) in [6.07, 6.45) is 0. The van der Waals surface area contributed by atoms with Crippen LogP contribution >= 0.6 is 0 Å². The van der Waals surface area contributed by atoms with E-state index in [0.717, 1.165) is 19.6 Å². The Labute approximate surface area is 76.9 Å². The van der Waals surface area contributed by atoms with Gasteiger partial charge in [-0.1, -0.05) is 34.6 Å². The molecule has 0 bridgehead atoms. The molecule has 2 heteroatoms. The van der Waals surface area contributed by atoms with E-state index in [1.807, 2.05) is 0 Å². The van der Waals surface area contributed by atoms with E-state index >= 15 is 0 Å². The van der Waals surface area contributed by atoms with Crippen molar-refractivity contribution < 1.29 is 0 Å². The topological polar surface area (TPSA) is 38.0 Å². The average molecular weight is 172 g/mol. The SMILES string of the molecule is CC(C)(C)C(C)(C)CNCCN. The second kappa shape index (κ2) is 4.24. The molecule has 0 saturated heterocycles. The summed E-state index contributed by atoms with van der Waals surface area (Å²) in [6, 6.07) is 0. The Morgan fingerprint density at radius 1 is 1.08 bits per heavy atom. The molecule has 0 fully saturated rings. The second-order valence-electron chi connectivity index (χ2n) is 5.10. The second-order valence-corrected chi connectivity index (χ2v) is 5.10. The summed E-state index contributed by atoms with van der Waals surface area (Å²) in [6.45, 7) is 14.1. The van der Waals surface area contributed by atoms with E-state index in [-0.39, 0.29) is 0 Å². The molecule has 0 heterocycles. The molecule has 0 aliphatic rings. The first kappa shape index (κ1) is 11.9. The summed E-state index contributed by atoms with van der Waals surface area (Å²) in [5.74, 6) is 0. The van der Waals surface area contributed by atoms with Gasteiger partial charge in [-0.25, -0.2) is 0 Å². The van der Waals surface area contributed by atoms with E-state index in [2.05, 4.69) is 39.9 Å². The highest BCUT2D eigenvalue weighted by Gasteiger charge is 2.31. The Morgan fingerprint density at radius 3 is 1.92 bits per heavy atom. The molecular formula is C10H24N2. The van der Waals surface area contributed by atoms with Crippen molar-refractivity contribution >= 4 is 0 Å². The average Bonchev–Trinajstić information content (AvgIpc) is 1.85. The largest absolute Gasteiger partial charge is 0.329 e. The molecule has 12 heavy (non-hydrogen) atoms. The van der Waals surface area contributed by atoms with Crippen LogP contribution in [0.4, 0.5) is 0 Å². The van der Waals surface area contributed by atoms with Crippen LogP contribution in [0.5, 0.6) is 0 Å². The number of nitrogens with one attached hydrogen (secondary N) is 1. The van der Waals surface area contributed by atoms with Crippen molar-refractivity contribution in [1.29, 1.82) is 0 Å². The van der Waals surface area contributed by atoms with Crippen molar-refractivity contribution in [3.8, 4) is 0 Å². The fourth-order valence-corrected chi connectivity index (χ4v) is 0.768. The van der Waals surface area contributed by atoms with Crippen LogP contribution in [0.3, 0.4) is 0 Å². The van der Waals surface area contributed by atoms with Gasteiger partial charge in [0.05, 0.1) is 0 Å². The first-order valence-electron chi connectivity index (χ1n) is 4.72. The lowest BCUT2D eigenvalue weighted by Crippen LogP contribution is -2.40. The summed E-state index contributed by atoms with van der Waals surface area (Å²) in [4.78, 5) is 0. The molecule has 74 valence electrons. The molecular weight excluding hydrogens is 148 g/mol. The number of rotatable bonds is 4. The molecule has 0 atom stereocenters. The smallest absolute Gasteiger partial charge is 0.00747 e. The molecule has 0 aromatic carbocycles. The van der Waals surface area contributed by atoms with Crippen molar-refractivity contribution in [2.75, 3.05) is 19.6 Å². The fourth-order valence-electron chi connectivity index (χ4n) is 0.768. The van der Waals surface area contributed by atoms with Gasteiger partial charge in [-0.3, -0.25) is 0 Å². The minimum atomic E-state index is 0.322. The Hall–Kier alpha value is -0.0800. The molecule has 0 aromatic rings. The Morgan fingerprint density at radius 2 is 1.58 bits per heavy atom. The summed E-state index contributed by atoms with van der Waals surface area (Å²) in [5.41, 5.74) is 6.07. The minimum Gasteiger partial charge on any atom is -0.329 e. The third-order valence-corrected chi connectivity index (χ3v) is 2.92. The van der Waals surface area contributed by atoms with E-state index in [4.69, 9.17) is 5.73 Å². The van der Waals surface area contributed by atoms with Gasteiger partial charge < -0.3 is 11.1 Å². The van der Waals surface area contributed by atoms with E-state index in [1.165, 1.54) is 0 Å². The summed E-state index contributed by atoms with van der Waals surface area (Å²) in [7, 11) is 0. The van der Waals surface area contributed by atoms with Gasteiger partial charge in [-0.05, 0) is 10.8 Å². The summed E-state index contributed by atoms with van der Waals surface area (Å²) >= 11 is 0. The predicted octanol–water partition coefficient (Wildman–Crippen LogP) is 1.61. The molecule has 0 unspecified atom stereocenters. The maximum absolute atomic E-state index is 5.40. The van der Waals surface area contributed by atoms with Crippen molar-refractivity contribution in [3.05, 3.63) is 0 Å². The lowest BCUT2D eigenvalue weighted by molar-refractivity contribution is 0.130. The standard InChI is InChI=1S/C10H24N2/c1-9(2,3)10(4,5)8-12-7-6-11/h12H,6-8,11H2,1-5H3. The van der Waals surface area contributed by atoms with Crippen LogP contribution in [0.25, 0.3) is 0 Å². The monoisotopic (exact) mass is 172 g/mol. The van der Waals surface area contributed by atoms with E-state index in [9.17, 15) is 0 Å². The Bertz CT molecular complexity index is 122. The van der Waals surface area contributed by atoms with Gasteiger partial charge >= 0.3 is 0 Å². The zero-order chi connectivity index (χ0) is 9.83. The number of nitrogens with two attached hydrogens (primary N) is 1. The van der Waals surface area contributed by atoms with Crippen molar-refractivity contribution in [3.63, 3.8) is 0 Å². The first-order chi connectivity index (χ1) is 5.31. The third kappa shape index (κ3) is 3.55. The highest BCUT2D eigenvalue weighted by atomic mass is 14.9. The maximum atomic E-state index is 5.40. The van der Waals surface area contributed by atoms with Crippen molar-refractivity contribution in [2.45, 2.75) is 34.6 Å². The zero-order valence-electron chi connectivity index (χ0n) is 9.20. The highest BCUT2D eigenvalue weighted by molar-refractivity contribution is 4.84. The molecule has 0 aliphatic carbocycles. The van der Waals surface area contributed by atoms with Crippen molar-refractivity contribution in [1.82, 2.24) is 5.32 Å². The summed E-state index contributed by atoms with van der Waals surface area (Å²) in [5, 5.41) is 3.36. The lowest BCUT2D eigenvalue weighted by atomic mass is 9.69. The van der Waals surface area contributed by atoms with Crippen LogP contribution in [0.15, 0.2) is 0 Å². The van der Waals surface area contributed by atoms with E-state index in [0.29, 0.717) is 10.8 Å². The van der Waals surface area contributed by atoms with Crippen LogP contribution in [0.2, 0.25) is 0 Å². The van der Waals surface area contributed by atoms with Gasteiger partial charge in [0.15, 0.2) is 0 Å². The predicted molar refractivity (Wildman–Crippen MR) is 55.2 cm³/mol. The molecule has 3 N–H and O–H groups in total. The van der Waals surface area contributed by atoms with Crippen LogP contribution in [0, 0.1) is 10.8 Å². The van der Waals surface area contributed by atoms with Gasteiger partial charge in [0.25, 0.3) is 0 Å². The first-order valence-corrected chi connectivity index (χ1v) is 4.72. The Balaban J connectivity index is 3.88. The Kier molecular flexibility index (Phi) is 4.21. The van der Waals surface area contributed by atoms with Gasteiger partial charge in [-0.15, -0.1) is 0 Å². The van der Waals surface area contributed by atoms with Gasteiger partial charge in [0.2, 0.25) is 0 Å². The van der Waals surface area contributed by atoms with Crippen LogP contribution in [0.1, 0.15) is 34.6 Å². The lowest BCUT2D eigenvalue weighted by Gasteiger charge is -2.39. The van der Waals surface area contributed by atoms with Crippen LogP contribution < -0.4 is 11.1 Å². The van der Waals surface area contributed by atoms with Crippen LogP contribution in [-0.4, -0.2) is 19.6 Å². The normalized spacial score (nSPS) is 13.5. The van der Waals surface area contributed by atoms with Gasteiger partial charge in [0.1, 0.15) is 0 Å². The van der Waals surface area contributed by atoms with Gasteiger partial charge in [-0.2, -0.15) is 0 Å². The quantitative estimate of drug-likeness (QED) is 0.632. The number of hydrogen-bond donors (Lipinski definition) is 2. The molecule has 0 spiro atoms. The number of hydrogen-bond acceptors (Lipinski definition) is 2. The molecule has 0 amide bonds. The summed E-state index contributed by atoms with van der Waals surface area (Å²) < 4.78 is 0. The molecule has 0 aromatic heterocycles. The molecule has 0 aliphatic heterocycles. The third-order valence-electron chi connectivity index (χ3n) is 2.92. The van der Waals surface area contributed by atoms with Crippen LogP contribution in [-0.2, 0) is 0 Å². The molecule has 0 saturated carbocycles. The maximum Gasteiger partial charge on any atom is 0.00747 e. The molecule has 2 nitrogen and oxygen atoms in total. The van der Waals surface area contributed by atoms with Crippen molar-refractivity contribution in [2.24, 2.45) is 16.6 Å². The highest BCUT2D eigenvalue weighted by Crippen LogP contribution is 2.36. The van der Waals surface area contributed by atoms with Gasteiger partial charge in [0, 0.05) is 19.6 Å². The van der Waals surface area contributed by atoms with E-state index in [1.54, 1.807) is 0 Å².